The van der Waals surface area contributed by atoms with E-state index in [1.807, 2.05) is 13.0 Å². The van der Waals surface area contributed by atoms with Gasteiger partial charge in [-0.1, -0.05) is 23.2 Å². The Morgan fingerprint density at radius 3 is 2.62 bits per heavy atom. The fourth-order valence-electron chi connectivity index (χ4n) is 1.30. The molecule has 2 aromatic heterocycles. The number of pyridine rings is 1. The molecule has 2 heterocycles. The van der Waals surface area contributed by atoms with E-state index in [-0.39, 0.29) is 0 Å². The number of nitrogens with zero attached hydrogens (tertiary/aromatic N) is 4. The average molecular weight is 253 g/mol. The van der Waals surface area contributed by atoms with Crippen LogP contribution in [0.25, 0.3) is 5.82 Å². The Labute approximate surface area is 102 Å². The summed E-state index contributed by atoms with van der Waals surface area (Å²) in [4.78, 5) is 4.08. The molecule has 2 rings (SSSR count). The third kappa shape index (κ3) is 1.87. The topological polar surface area (TPSA) is 54.5 Å². The first kappa shape index (κ1) is 10.9. The van der Waals surface area contributed by atoms with E-state index in [1.165, 1.54) is 10.9 Å². The highest BCUT2D eigenvalue weighted by Gasteiger charge is 2.10. The van der Waals surface area contributed by atoms with Gasteiger partial charge in [-0.3, -0.25) is 0 Å². The van der Waals surface area contributed by atoms with E-state index in [2.05, 4.69) is 10.1 Å². The van der Waals surface area contributed by atoms with Crippen molar-refractivity contribution in [1.82, 2.24) is 14.8 Å². The second kappa shape index (κ2) is 4.12. The Morgan fingerprint density at radius 2 is 2.12 bits per heavy atom. The molecule has 0 aliphatic rings. The van der Waals surface area contributed by atoms with Crippen molar-refractivity contribution < 1.29 is 0 Å². The zero-order valence-corrected chi connectivity index (χ0v) is 9.79. The van der Waals surface area contributed by atoms with E-state index in [9.17, 15) is 0 Å². The Balaban J connectivity index is 2.57. The van der Waals surface area contributed by atoms with E-state index in [0.29, 0.717) is 21.6 Å². The molecule has 6 heteroatoms. The average Bonchev–Trinajstić information content (AvgIpc) is 2.57. The quantitative estimate of drug-likeness (QED) is 0.785. The molecule has 0 aliphatic heterocycles. The number of hydrogen-bond donors (Lipinski definition) is 0. The van der Waals surface area contributed by atoms with Crippen LogP contribution in [0, 0.1) is 18.3 Å². The fourth-order valence-corrected chi connectivity index (χ4v) is 1.78. The summed E-state index contributed by atoms with van der Waals surface area (Å²) in [6.07, 6.45) is 1.44. The maximum Gasteiger partial charge on any atom is 0.172 e. The molecule has 0 radical (unpaired) electrons. The summed E-state index contributed by atoms with van der Waals surface area (Å²) in [7, 11) is 0. The molecule has 16 heavy (non-hydrogen) atoms. The highest BCUT2D eigenvalue weighted by molar-refractivity contribution is 6.32. The van der Waals surface area contributed by atoms with Crippen LogP contribution in [0.3, 0.4) is 0 Å². The summed E-state index contributed by atoms with van der Waals surface area (Å²) >= 11 is 11.8. The lowest BCUT2D eigenvalue weighted by Crippen LogP contribution is -2.02. The van der Waals surface area contributed by atoms with E-state index >= 15 is 0 Å². The Morgan fingerprint density at radius 1 is 1.38 bits per heavy atom. The van der Waals surface area contributed by atoms with E-state index in [0.717, 1.165) is 5.69 Å². The summed E-state index contributed by atoms with van der Waals surface area (Å²) in [5, 5.41) is 13.5. The van der Waals surface area contributed by atoms with Crippen molar-refractivity contribution in [1.29, 1.82) is 5.26 Å². The molecule has 0 bridgehead atoms. The Hall–Kier alpha value is -1.57. The van der Waals surface area contributed by atoms with Gasteiger partial charge in [-0.05, 0) is 19.1 Å². The van der Waals surface area contributed by atoms with Gasteiger partial charge < -0.3 is 0 Å². The summed E-state index contributed by atoms with van der Waals surface area (Å²) in [6.45, 7) is 1.84. The zero-order valence-electron chi connectivity index (χ0n) is 8.28. The molecule has 2 aromatic rings. The van der Waals surface area contributed by atoms with Crippen LogP contribution < -0.4 is 0 Å². The molecule has 4 nitrogen and oxygen atoms in total. The van der Waals surface area contributed by atoms with E-state index < -0.39 is 0 Å². The lowest BCUT2D eigenvalue weighted by molar-refractivity contribution is 0.817. The first-order valence-electron chi connectivity index (χ1n) is 4.40. The number of aryl methyl sites for hydroxylation is 1. The molecule has 0 aromatic carbocycles. The minimum Gasteiger partial charge on any atom is -0.234 e. The number of aromatic nitrogens is 3. The predicted octanol–water partition coefficient (Wildman–Crippen LogP) is 2.75. The van der Waals surface area contributed by atoms with Gasteiger partial charge in [0.1, 0.15) is 6.07 Å². The third-order valence-electron chi connectivity index (χ3n) is 2.01. The molecule has 80 valence electrons. The van der Waals surface area contributed by atoms with Gasteiger partial charge in [0.25, 0.3) is 0 Å². The number of halogens is 2. The van der Waals surface area contributed by atoms with Gasteiger partial charge >= 0.3 is 0 Å². The zero-order chi connectivity index (χ0) is 11.7. The normalized spacial score (nSPS) is 10.1. The predicted molar refractivity (Wildman–Crippen MR) is 60.8 cm³/mol. The summed E-state index contributed by atoms with van der Waals surface area (Å²) in [5.41, 5.74) is 1.23. The van der Waals surface area contributed by atoms with Crippen molar-refractivity contribution >= 4 is 23.2 Å². The van der Waals surface area contributed by atoms with Crippen molar-refractivity contribution in [3.05, 3.63) is 39.8 Å². The van der Waals surface area contributed by atoms with Crippen molar-refractivity contribution in [3.8, 4) is 11.9 Å². The molecule has 0 amide bonds. The third-order valence-corrected chi connectivity index (χ3v) is 2.47. The standard InChI is InChI=1S/C10H6Cl2N4/c1-6-2-9(12)15-16(6)10-8(11)3-7(4-13)5-14-10/h2-3,5H,1H3. The van der Waals surface area contributed by atoms with Crippen LogP contribution in [-0.4, -0.2) is 14.8 Å². The molecule has 0 unspecified atom stereocenters. The fraction of sp³-hybridized carbons (Fsp3) is 0.100. The minimum absolute atomic E-state index is 0.363. The highest BCUT2D eigenvalue weighted by atomic mass is 35.5. The molecule has 0 saturated heterocycles. The molecular formula is C10H6Cl2N4. The highest BCUT2D eigenvalue weighted by Crippen LogP contribution is 2.21. The lowest BCUT2D eigenvalue weighted by atomic mass is 10.3. The van der Waals surface area contributed by atoms with Crippen molar-refractivity contribution in [2.45, 2.75) is 6.92 Å². The largest absolute Gasteiger partial charge is 0.234 e. The van der Waals surface area contributed by atoms with E-state index in [4.69, 9.17) is 28.5 Å². The maximum atomic E-state index is 8.69. The molecule has 0 aliphatic carbocycles. The van der Waals surface area contributed by atoms with Crippen molar-refractivity contribution in [2.24, 2.45) is 0 Å². The van der Waals surface area contributed by atoms with Crippen LogP contribution in [0.5, 0.6) is 0 Å². The van der Waals surface area contributed by atoms with Crippen LogP contribution in [0.15, 0.2) is 18.3 Å². The van der Waals surface area contributed by atoms with Crippen molar-refractivity contribution in [2.75, 3.05) is 0 Å². The number of nitriles is 1. The smallest absolute Gasteiger partial charge is 0.172 e. The van der Waals surface area contributed by atoms with Crippen LogP contribution in [-0.2, 0) is 0 Å². The first-order chi connectivity index (χ1) is 7.61. The Bertz CT molecular complexity index is 583. The van der Waals surface area contributed by atoms with Gasteiger partial charge in [0.05, 0.1) is 10.6 Å². The van der Waals surface area contributed by atoms with Crippen LogP contribution in [0.2, 0.25) is 10.2 Å². The number of rotatable bonds is 1. The van der Waals surface area contributed by atoms with Gasteiger partial charge in [-0.15, -0.1) is 0 Å². The molecule has 0 N–H and O–H groups in total. The van der Waals surface area contributed by atoms with Crippen LogP contribution >= 0.6 is 23.2 Å². The first-order valence-corrected chi connectivity index (χ1v) is 5.15. The maximum absolute atomic E-state index is 8.69. The summed E-state index contributed by atoms with van der Waals surface area (Å²) in [6, 6.07) is 5.21. The van der Waals surface area contributed by atoms with Crippen LogP contribution in [0.1, 0.15) is 11.3 Å². The van der Waals surface area contributed by atoms with Gasteiger partial charge in [0.15, 0.2) is 11.0 Å². The monoisotopic (exact) mass is 252 g/mol. The molecule has 0 saturated carbocycles. The molecule has 0 fully saturated rings. The summed E-state index contributed by atoms with van der Waals surface area (Å²) < 4.78 is 1.53. The molecule has 0 spiro atoms. The second-order valence-electron chi connectivity index (χ2n) is 3.16. The van der Waals surface area contributed by atoms with Crippen molar-refractivity contribution in [3.63, 3.8) is 0 Å². The Kier molecular flexibility index (Phi) is 2.82. The second-order valence-corrected chi connectivity index (χ2v) is 3.96. The van der Waals surface area contributed by atoms with Gasteiger partial charge in [-0.2, -0.15) is 10.4 Å². The van der Waals surface area contributed by atoms with Gasteiger partial charge in [0, 0.05) is 11.9 Å². The SMILES string of the molecule is Cc1cc(Cl)nn1-c1ncc(C#N)cc1Cl. The summed E-state index contributed by atoms with van der Waals surface area (Å²) in [5.74, 6) is 0.463. The minimum atomic E-state index is 0.363. The van der Waals surface area contributed by atoms with Crippen LogP contribution in [0.4, 0.5) is 0 Å². The lowest BCUT2D eigenvalue weighted by Gasteiger charge is -2.04. The van der Waals surface area contributed by atoms with Gasteiger partial charge in [-0.25, -0.2) is 9.67 Å². The molecule has 0 atom stereocenters. The molecular weight excluding hydrogens is 247 g/mol. The van der Waals surface area contributed by atoms with E-state index in [1.54, 1.807) is 12.1 Å². The van der Waals surface area contributed by atoms with Gasteiger partial charge in [0.2, 0.25) is 0 Å². The number of hydrogen-bond acceptors (Lipinski definition) is 3.